The molecule has 0 aliphatic heterocycles. The SMILES string of the molecule is O=C(O)/C=C/c1ccc(-c2ccc(OCCCCCCF)cc2)cc1. The quantitative estimate of drug-likeness (QED) is 0.467. The predicted molar refractivity (Wildman–Crippen MR) is 98.5 cm³/mol. The third-order valence-electron chi connectivity index (χ3n) is 3.81. The van der Waals surface area contributed by atoms with Gasteiger partial charge in [-0.1, -0.05) is 42.8 Å². The molecule has 2 aromatic rings. The summed E-state index contributed by atoms with van der Waals surface area (Å²) < 4.78 is 17.7. The van der Waals surface area contributed by atoms with Gasteiger partial charge in [-0.2, -0.15) is 0 Å². The van der Waals surface area contributed by atoms with Crippen molar-refractivity contribution in [2.24, 2.45) is 0 Å². The Labute approximate surface area is 147 Å². The summed E-state index contributed by atoms with van der Waals surface area (Å²) in [5.41, 5.74) is 2.98. The van der Waals surface area contributed by atoms with Crippen molar-refractivity contribution in [2.75, 3.05) is 13.3 Å². The number of unbranched alkanes of at least 4 members (excludes halogenated alkanes) is 3. The molecule has 0 atom stereocenters. The molecule has 4 heteroatoms. The van der Waals surface area contributed by atoms with Crippen molar-refractivity contribution in [1.82, 2.24) is 0 Å². The minimum Gasteiger partial charge on any atom is -0.494 e. The molecule has 132 valence electrons. The largest absolute Gasteiger partial charge is 0.494 e. The normalized spacial score (nSPS) is 10.9. The minimum absolute atomic E-state index is 0.237. The number of halogens is 1. The van der Waals surface area contributed by atoms with E-state index in [0.717, 1.165) is 47.8 Å². The highest BCUT2D eigenvalue weighted by molar-refractivity contribution is 5.85. The molecule has 0 heterocycles. The fourth-order valence-electron chi connectivity index (χ4n) is 2.44. The number of carbonyl (C=O) groups is 1. The number of alkyl halides is 1. The van der Waals surface area contributed by atoms with Crippen LogP contribution in [0.1, 0.15) is 31.2 Å². The van der Waals surface area contributed by atoms with E-state index in [9.17, 15) is 9.18 Å². The van der Waals surface area contributed by atoms with E-state index < -0.39 is 5.97 Å². The second-order valence-electron chi connectivity index (χ2n) is 5.77. The van der Waals surface area contributed by atoms with Gasteiger partial charge in [0.2, 0.25) is 0 Å². The molecule has 25 heavy (non-hydrogen) atoms. The molecule has 0 amide bonds. The summed E-state index contributed by atoms with van der Waals surface area (Å²) in [6.07, 6.45) is 6.17. The van der Waals surface area contributed by atoms with Crippen LogP contribution in [0.15, 0.2) is 54.6 Å². The first-order valence-electron chi connectivity index (χ1n) is 8.49. The van der Waals surface area contributed by atoms with Crippen LogP contribution in [0.5, 0.6) is 5.75 Å². The first-order chi connectivity index (χ1) is 12.2. The van der Waals surface area contributed by atoms with E-state index in [-0.39, 0.29) is 6.67 Å². The van der Waals surface area contributed by atoms with Gasteiger partial charge in [0.05, 0.1) is 13.3 Å². The molecule has 0 saturated carbocycles. The molecule has 2 aromatic carbocycles. The number of benzene rings is 2. The molecule has 0 aliphatic rings. The zero-order valence-electron chi connectivity index (χ0n) is 14.2. The number of aliphatic carboxylic acids is 1. The summed E-state index contributed by atoms with van der Waals surface area (Å²) in [5, 5.41) is 8.64. The van der Waals surface area contributed by atoms with Gasteiger partial charge in [0, 0.05) is 6.08 Å². The van der Waals surface area contributed by atoms with Gasteiger partial charge in [0.1, 0.15) is 5.75 Å². The van der Waals surface area contributed by atoms with Crippen LogP contribution in [0.2, 0.25) is 0 Å². The minimum atomic E-state index is -0.956. The van der Waals surface area contributed by atoms with Crippen molar-refractivity contribution in [3.63, 3.8) is 0 Å². The van der Waals surface area contributed by atoms with E-state index in [4.69, 9.17) is 9.84 Å². The number of ether oxygens (including phenoxy) is 1. The molecular formula is C21H23FO3. The molecule has 0 fully saturated rings. The smallest absolute Gasteiger partial charge is 0.328 e. The summed E-state index contributed by atoms with van der Waals surface area (Å²) in [5.74, 6) is -0.127. The Kier molecular flexibility index (Phi) is 7.70. The number of hydrogen-bond donors (Lipinski definition) is 1. The average Bonchev–Trinajstić information content (AvgIpc) is 2.64. The lowest BCUT2D eigenvalue weighted by molar-refractivity contribution is -0.131. The molecule has 0 unspecified atom stereocenters. The van der Waals surface area contributed by atoms with Crippen molar-refractivity contribution in [2.45, 2.75) is 25.7 Å². The fraction of sp³-hybridized carbons (Fsp3) is 0.286. The Morgan fingerprint density at radius 2 is 1.52 bits per heavy atom. The Balaban J connectivity index is 1.86. The summed E-state index contributed by atoms with van der Waals surface area (Å²) in [4.78, 5) is 10.5. The van der Waals surface area contributed by atoms with E-state index >= 15 is 0 Å². The van der Waals surface area contributed by atoms with Gasteiger partial charge in [-0.05, 0) is 54.2 Å². The second kappa shape index (κ2) is 10.3. The Bertz CT molecular complexity index is 675. The molecule has 2 rings (SSSR count). The summed E-state index contributed by atoms with van der Waals surface area (Å²) in [6.45, 7) is 0.412. The van der Waals surface area contributed by atoms with E-state index in [1.54, 1.807) is 6.08 Å². The lowest BCUT2D eigenvalue weighted by Crippen LogP contribution is -1.97. The van der Waals surface area contributed by atoms with Crippen molar-refractivity contribution in [1.29, 1.82) is 0 Å². The fourth-order valence-corrected chi connectivity index (χ4v) is 2.44. The molecular weight excluding hydrogens is 319 g/mol. The average molecular weight is 342 g/mol. The monoisotopic (exact) mass is 342 g/mol. The Morgan fingerprint density at radius 3 is 2.12 bits per heavy atom. The van der Waals surface area contributed by atoms with Gasteiger partial charge in [0.15, 0.2) is 0 Å². The van der Waals surface area contributed by atoms with Crippen molar-refractivity contribution >= 4 is 12.0 Å². The maximum atomic E-state index is 12.0. The van der Waals surface area contributed by atoms with Crippen LogP contribution in [0.25, 0.3) is 17.2 Å². The first kappa shape index (κ1) is 18.7. The highest BCUT2D eigenvalue weighted by atomic mass is 19.1. The second-order valence-corrected chi connectivity index (χ2v) is 5.77. The van der Waals surface area contributed by atoms with Crippen LogP contribution in [0.4, 0.5) is 4.39 Å². The molecule has 0 radical (unpaired) electrons. The third kappa shape index (κ3) is 6.79. The molecule has 0 spiro atoms. The van der Waals surface area contributed by atoms with Crippen molar-refractivity contribution < 1.29 is 19.0 Å². The van der Waals surface area contributed by atoms with Crippen LogP contribution in [0, 0.1) is 0 Å². The Morgan fingerprint density at radius 1 is 0.920 bits per heavy atom. The Hall–Kier alpha value is -2.62. The zero-order chi connectivity index (χ0) is 17.9. The number of carboxylic acid groups (broad SMARTS) is 1. The van der Waals surface area contributed by atoms with Crippen molar-refractivity contribution in [3.8, 4) is 16.9 Å². The van der Waals surface area contributed by atoms with Gasteiger partial charge >= 0.3 is 5.97 Å². The van der Waals surface area contributed by atoms with Gasteiger partial charge in [-0.15, -0.1) is 0 Å². The molecule has 0 aliphatic carbocycles. The molecule has 0 aromatic heterocycles. The molecule has 1 N–H and O–H groups in total. The predicted octanol–water partition coefficient (Wildman–Crippen LogP) is 5.36. The van der Waals surface area contributed by atoms with Crippen LogP contribution >= 0.6 is 0 Å². The van der Waals surface area contributed by atoms with E-state index in [0.29, 0.717) is 13.0 Å². The number of rotatable bonds is 10. The summed E-state index contributed by atoms with van der Waals surface area (Å²) >= 11 is 0. The van der Waals surface area contributed by atoms with Gasteiger partial charge in [-0.3, -0.25) is 4.39 Å². The molecule has 3 nitrogen and oxygen atoms in total. The van der Waals surface area contributed by atoms with Crippen LogP contribution in [-0.4, -0.2) is 24.4 Å². The van der Waals surface area contributed by atoms with Crippen LogP contribution in [0.3, 0.4) is 0 Å². The third-order valence-corrected chi connectivity index (χ3v) is 3.81. The zero-order valence-corrected chi connectivity index (χ0v) is 14.2. The van der Waals surface area contributed by atoms with Crippen molar-refractivity contribution in [3.05, 3.63) is 60.2 Å². The summed E-state index contributed by atoms with van der Waals surface area (Å²) in [6, 6.07) is 15.6. The lowest BCUT2D eigenvalue weighted by atomic mass is 10.0. The van der Waals surface area contributed by atoms with Gasteiger partial charge in [0.25, 0.3) is 0 Å². The maximum Gasteiger partial charge on any atom is 0.328 e. The van der Waals surface area contributed by atoms with E-state index in [1.165, 1.54) is 0 Å². The van der Waals surface area contributed by atoms with E-state index in [1.807, 2.05) is 48.5 Å². The van der Waals surface area contributed by atoms with Gasteiger partial charge in [-0.25, -0.2) is 4.79 Å². The lowest BCUT2D eigenvalue weighted by Gasteiger charge is -2.07. The highest BCUT2D eigenvalue weighted by Crippen LogP contribution is 2.23. The number of hydrogen-bond acceptors (Lipinski definition) is 2. The van der Waals surface area contributed by atoms with Gasteiger partial charge < -0.3 is 9.84 Å². The van der Waals surface area contributed by atoms with Crippen LogP contribution < -0.4 is 4.74 Å². The molecule has 0 saturated heterocycles. The molecule has 0 bridgehead atoms. The van der Waals surface area contributed by atoms with Crippen LogP contribution in [-0.2, 0) is 4.79 Å². The maximum absolute atomic E-state index is 12.0. The van der Waals surface area contributed by atoms with E-state index in [2.05, 4.69) is 0 Å². The standard InChI is InChI=1S/C21H23FO3/c22-15-3-1-2-4-16-25-20-12-10-19(11-13-20)18-8-5-17(6-9-18)7-14-21(23)24/h5-14H,1-4,15-16H2,(H,23,24)/b14-7+. The highest BCUT2D eigenvalue weighted by Gasteiger charge is 2.00. The number of carboxylic acids is 1. The first-order valence-corrected chi connectivity index (χ1v) is 8.49. The topological polar surface area (TPSA) is 46.5 Å². The summed E-state index contributed by atoms with van der Waals surface area (Å²) in [7, 11) is 0.